The van der Waals surface area contributed by atoms with Crippen LogP contribution in [0.3, 0.4) is 0 Å². The summed E-state index contributed by atoms with van der Waals surface area (Å²) in [7, 11) is 1.68. The fraction of sp³-hybridized carbons (Fsp3) is 0.174. The first-order chi connectivity index (χ1) is 15.4. The number of fused-ring (bicyclic) bond motifs is 2. The van der Waals surface area contributed by atoms with Crippen molar-refractivity contribution in [2.75, 3.05) is 19.2 Å². The smallest absolute Gasteiger partial charge is 0.265 e. The van der Waals surface area contributed by atoms with Crippen LogP contribution in [0, 0.1) is 6.92 Å². The van der Waals surface area contributed by atoms with Crippen molar-refractivity contribution in [1.82, 2.24) is 9.47 Å². The van der Waals surface area contributed by atoms with Crippen molar-refractivity contribution in [1.29, 1.82) is 0 Å². The van der Waals surface area contributed by atoms with Gasteiger partial charge in [0.25, 0.3) is 5.91 Å². The number of thiocarbonyl (C=S) groups is 1. The number of ether oxygens (including phenoxy) is 2. The number of likely N-dealkylation sites (N-methyl/N-ethyl adjacent to an activating group) is 1. The fourth-order valence-corrected chi connectivity index (χ4v) is 5.00. The maximum Gasteiger partial charge on any atom is 0.265 e. The van der Waals surface area contributed by atoms with Crippen LogP contribution in [-0.4, -0.2) is 39.4 Å². The highest BCUT2D eigenvalue weighted by Gasteiger charge is 2.29. The molecule has 0 saturated carbocycles. The van der Waals surface area contributed by atoms with Gasteiger partial charge in [-0.2, -0.15) is 0 Å². The van der Waals surface area contributed by atoms with Crippen LogP contribution in [-0.2, 0) is 16.1 Å². The van der Waals surface area contributed by atoms with E-state index in [9.17, 15) is 9.59 Å². The van der Waals surface area contributed by atoms with Gasteiger partial charge in [-0.3, -0.25) is 14.5 Å². The minimum Gasteiger partial charge on any atom is -0.454 e. The number of para-hydroxylation sites is 1. The topological polar surface area (TPSA) is 72.8 Å². The lowest BCUT2D eigenvalue weighted by atomic mass is 10.1. The van der Waals surface area contributed by atoms with Crippen LogP contribution < -0.4 is 14.8 Å². The maximum absolute atomic E-state index is 12.9. The number of hydrogen-bond donors (Lipinski definition) is 1. The standard InChI is InChI=1S/C23H19N3O4S2/c1-13-16(10-20-22(28)25(2)23(31)32-20)15-5-3-4-6-17(15)26(13)11-21(27)24-14-7-8-18-19(9-14)30-12-29-18/h3-10H,11-12H2,1-2H3,(H,24,27)/b20-10+. The summed E-state index contributed by atoms with van der Waals surface area (Å²) in [6, 6.07) is 13.1. The Morgan fingerprint density at radius 2 is 2.00 bits per heavy atom. The normalized spacial score (nSPS) is 16.4. The lowest BCUT2D eigenvalue weighted by molar-refractivity contribution is -0.121. The van der Waals surface area contributed by atoms with E-state index in [2.05, 4.69) is 5.32 Å². The van der Waals surface area contributed by atoms with Crippen LogP contribution in [0.5, 0.6) is 11.5 Å². The van der Waals surface area contributed by atoms with Crippen molar-refractivity contribution in [3.8, 4) is 11.5 Å². The van der Waals surface area contributed by atoms with Crippen LogP contribution in [0.15, 0.2) is 47.4 Å². The van der Waals surface area contributed by atoms with Crippen molar-refractivity contribution >= 4 is 62.8 Å². The first kappa shape index (κ1) is 20.6. The molecule has 0 unspecified atom stereocenters. The van der Waals surface area contributed by atoms with E-state index < -0.39 is 0 Å². The molecule has 1 fully saturated rings. The molecule has 0 bridgehead atoms. The van der Waals surface area contributed by atoms with Gasteiger partial charge in [0.15, 0.2) is 11.5 Å². The Morgan fingerprint density at radius 3 is 2.78 bits per heavy atom. The second kappa shape index (κ2) is 7.99. The van der Waals surface area contributed by atoms with Gasteiger partial charge in [-0.25, -0.2) is 0 Å². The van der Waals surface area contributed by atoms with Crippen molar-refractivity contribution in [3.05, 3.63) is 58.6 Å². The molecule has 2 aliphatic rings. The summed E-state index contributed by atoms with van der Waals surface area (Å²) >= 11 is 6.53. The predicted octanol–water partition coefficient (Wildman–Crippen LogP) is 4.15. The number of benzene rings is 2. The van der Waals surface area contributed by atoms with Gasteiger partial charge in [0.05, 0.1) is 4.91 Å². The molecule has 2 aromatic carbocycles. The molecule has 2 aliphatic heterocycles. The first-order valence-corrected chi connectivity index (χ1v) is 11.1. The van der Waals surface area contributed by atoms with E-state index in [0.29, 0.717) is 26.4 Å². The number of anilines is 1. The third-order valence-electron chi connectivity index (χ3n) is 5.50. The molecule has 32 heavy (non-hydrogen) atoms. The number of rotatable bonds is 4. The number of thioether (sulfide) groups is 1. The van der Waals surface area contributed by atoms with E-state index in [1.807, 2.05) is 41.8 Å². The summed E-state index contributed by atoms with van der Waals surface area (Å²) in [6.07, 6.45) is 1.87. The van der Waals surface area contributed by atoms with Crippen LogP contribution >= 0.6 is 24.0 Å². The third-order valence-corrected chi connectivity index (χ3v) is 6.98. The maximum atomic E-state index is 12.9. The van der Waals surface area contributed by atoms with Crippen LogP contribution in [0.4, 0.5) is 5.69 Å². The molecule has 0 spiro atoms. The zero-order valence-corrected chi connectivity index (χ0v) is 19.0. The molecule has 9 heteroatoms. The van der Waals surface area contributed by atoms with Crippen molar-refractivity contribution in [3.63, 3.8) is 0 Å². The minimum absolute atomic E-state index is 0.114. The molecule has 0 aliphatic carbocycles. The third kappa shape index (κ3) is 3.53. The highest BCUT2D eigenvalue weighted by Crippen LogP contribution is 2.36. The lowest BCUT2D eigenvalue weighted by Crippen LogP contribution is -2.22. The molecule has 1 saturated heterocycles. The van der Waals surface area contributed by atoms with Crippen molar-refractivity contribution in [2.24, 2.45) is 0 Å². The molecule has 5 rings (SSSR count). The summed E-state index contributed by atoms with van der Waals surface area (Å²) in [4.78, 5) is 27.4. The molecule has 3 heterocycles. The molecule has 2 amide bonds. The Labute approximate surface area is 194 Å². The fourth-order valence-electron chi connectivity index (χ4n) is 3.84. The van der Waals surface area contributed by atoms with Crippen LogP contribution in [0.1, 0.15) is 11.3 Å². The Bertz CT molecular complexity index is 1330. The summed E-state index contributed by atoms with van der Waals surface area (Å²) in [5, 5.41) is 3.89. The lowest BCUT2D eigenvalue weighted by Gasteiger charge is -2.10. The Kier molecular flexibility index (Phi) is 5.15. The van der Waals surface area contributed by atoms with Gasteiger partial charge in [0.1, 0.15) is 10.9 Å². The van der Waals surface area contributed by atoms with Crippen molar-refractivity contribution < 1.29 is 19.1 Å². The number of carbonyl (C=O) groups is 2. The number of aromatic nitrogens is 1. The summed E-state index contributed by atoms with van der Waals surface area (Å²) in [5.41, 5.74) is 3.36. The Balaban J connectivity index is 1.46. The number of amides is 2. The predicted molar refractivity (Wildman–Crippen MR) is 129 cm³/mol. The largest absolute Gasteiger partial charge is 0.454 e. The van der Waals surface area contributed by atoms with Gasteiger partial charge in [0.2, 0.25) is 12.7 Å². The zero-order chi connectivity index (χ0) is 22.4. The van der Waals surface area contributed by atoms with Gasteiger partial charge in [0, 0.05) is 41.0 Å². The molecule has 1 N–H and O–H groups in total. The molecule has 3 aromatic rings. The molecule has 162 valence electrons. The van der Waals surface area contributed by atoms with E-state index in [-0.39, 0.29) is 25.2 Å². The van der Waals surface area contributed by atoms with Crippen LogP contribution in [0.2, 0.25) is 0 Å². The van der Waals surface area contributed by atoms with E-state index in [4.69, 9.17) is 21.7 Å². The average Bonchev–Trinajstić information content (AvgIpc) is 3.42. The van der Waals surface area contributed by atoms with E-state index in [1.54, 1.807) is 25.2 Å². The second-order valence-corrected chi connectivity index (χ2v) is 9.14. The first-order valence-electron chi connectivity index (χ1n) is 9.91. The van der Waals surface area contributed by atoms with Crippen molar-refractivity contribution in [2.45, 2.75) is 13.5 Å². The zero-order valence-electron chi connectivity index (χ0n) is 17.4. The SMILES string of the molecule is Cc1c(/C=C2/SC(=S)N(C)C2=O)c2ccccc2n1CC(=O)Nc1ccc2c(c1)OCO2. The second-order valence-electron chi connectivity index (χ2n) is 7.46. The number of carbonyl (C=O) groups excluding carboxylic acids is 2. The molecule has 7 nitrogen and oxygen atoms in total. The summed E-state index contributed by atoms with van der Waals surface area (Å²) in [5.74, 6) is 0.995. The van der Waals surface area contributed by atoms with Gasteiger partial charge in [-0.1, -0.05) is 42.2 Å². The van der Waals surface area contributed by atoms with Gasteiger partial charge in [-0.15, -0.1) is 0 Å². The quantitative estimate of drug-likeness (QED) is 0.461. The van der Waals surface area contributed by atoms with E-state index in [1.165, 1.54) is 16.7 Å². The molecular formula is C23H19N3O4S2. The Morgan fingerprint density at radius 1 is 1.22 bits per heavy atom. The Hall–Kier alpha value is -3.30. The van der Waals surface area contributed by atoms with E-state index in [0.717, 1.165) is 22.2 Å². The molecule has 0 radical (unpaired) electrons. The minimum atomic E-state index is -0.167. The van der Waals surface area contributed by atoms with Crippen LogP contribution in [0.25, 0.3) is 17.0 Å². The number of nitrogens with one attached hydrogen (secondary N) is 1. The summed E-state index contributed by atoms with van der Waals surface area (Å²) < 4.78 is 13.2. The highest BCUT2D eigenvalue weighted by molar-refractivity contribution is 8.26. The van der Waals surface area contributed by atoms with E-state index >= 15 is 0 Å². The monoisotopic (exact) mass is 465 g/mol. The number of hydrogen-bond acceptors (Lipinski definition) is 6. The van der Waals surface area contributed by atoms with Gasteiger partial charge in [-0.05, 0) is 31.2 Å². The molecule has 1 aromatic heterocycles. The van der Waals surface area contributed by atoms with Gasteiger partial charge >= 0.3 is 0 Å². The summed E-state index contributed by atoms with van der Waals surface area (Å²) in [6.45, 7) is 2.26. The average molecular weight is 466 g/mol. The molecular weight excluding hydrogens is 446 g/mol. The van der Waals surface area contributed by atoms with Gasteiger partial charge < -0.3 is 19.4 Å². The highest BCUT2D eigenvalue weighted by atomic mass is 32.2. The molecule has 0 atom stereocenters. The number of nitrogens with zero attached hydrogens (tertiary/aromatic N) is 2.